The van der Waals surface area contributed by atoms with Crippen LogP contribution in [0.25, 0.3) is 0 Å². The highest BCUT2D eigenvalue weighted by Crippen LogP contribution is 2.50. The van der Waals surface area contributed by atoms with E-state index in [1.165, 1.54) is 12.8 Å². The molecule has 0 bridgehead atoms. The van der Waals surface area contributed by atoms with Gasteiger partial charge in [0.25, 0.3) is 0 Å². The first-order valence-electron chi connectivity index (χ1n) is 9.97. The third kappa shape index (κ3) is 4.13. The van der Waals surface area contributed by atoms with Crippen molar-refractivity contribution >= 4 is 29.9 Å². The van der Waals surface area contributed by atoms with Crippen molar-refractivity contribution in [1.82, 2.24) is 9.80 Å². The van der Waals surface area contributed by atoms with Gasteiger partial charge in [-0.3, -0.25) is 9.69 Å². The molecule has 1 amide bonds. The van der Waals surface area contributed by atoms with Crippen molar-refractivity contribution in [3.05, 3.63) is 34.3 Å². The monoisotopic (exact) mass is 414 g/mol. The highest BCUT2D eigenvalue weighted by Gasteiger charge is 2.50. The average Bonchev–Trinajstić information content (AvgIpc) is 3.25. The van der Waals surface area contributed by atoms with E-state index in [4.69, 9.17) is 11.6 Å². The fourth-order valence-electron chi connectivity index (χ4n) is 4.73. The van der Waals surface area contributed by atoms with Crippen LogP contribution in [0.2, 0.25) is 5.02 Å². The number of hydrogen-bond acceptors (Lipinski definition) is 2. The van der Waals surface area contributed by atoms with Crippen molar-refractivity contribution in [2.45, 2.75) is 63.7 Å². The van der Waals surface area contributed by atoms with Gasteiger partial charge in [0.1, 0.15) is 5.67 Å². The Morgan fingerprint density at radius 1 is 1.22 bits per heavy atom. The van der Waals surface area contributed by atoms with Crippen molar-refractivity contribution in [1.29, 1.82) is 0 Å². The minimum atomic E-state index is -1.40. The smallest absolute Gasteiger partial charge is 0.225 e. The Balaban J connectivity index is 0.00000210. The molecule has 0 radical (unpaired) electrons. The Bertz CT molecular complexity index is 687. The third-order valence-corrected chi connectivity index (χ3v) is 6.89. The number of hydrogen-bond donors (Lipinski definition) is 0. The van der Waals surface area contributed by atoms with Gasteiger partial charge in [0.15, 0.2) is 0 Å². The maximum atomic E-state index is 15.3. The molecule has 1 aliphatic carbocycles. The molecule has 0 unspecified atom stereocenters. The number of benzene rings is 1. The predicted molar refractivity (Wildman–Crippen MR) is 109 cm³/mol. The van der Waals surface area contributed by atoms with Gasteiger partial charge in [-0.2, -0.15) is 0 Å². The Hall–Kier alpha value is -0.840. The summed E-state index contributed by atoms with van der Waals surface area (Å²) in [5.74, 6) is -0.0245. The molecular weight excluding hydrogens is 386 g/mol. The number of nitrogens with zero attached hydrogens (tertiary/aromatic N) is 2. The van der Waals surface area contributed by atoms with Gasteiger partial charge in [0.05, 0.1) is 0 Å². The van der Waals surface area contributed by atoms with Gasteiger partial charge in [0.2, 0.25) is 5.91 Å². The number of alkyl halides is 1. The minimum Gasteiger partial charge on any atom is -0.342 e. The second kappa shape index (κ2) is 8.26. The van der Waals surface area contributed by atoms with E-state index in [2.05, 4.69) is 11.8 Å². The Kier molecular flexibility index (Phi) is 6.39. The number of likely N-dealkylation sites (tertiary alicyclic amines) is 2. The molecule has 1 saturated carbocycles. The van der Waals surface area contributed by atoms with Gasteiger partial charge >= 0.3 is 0 Å². The summed E-state index contributed by atoms with van der Waals surface area (Å²) >= 11 is 6.48. The standard InChI is InChI=1S/C21H28ClFN2O.ClH/c1-15-5-4-10-25(15)14-16-6-7-18(11-19(16)22)21(23)12-17(13-21)20(26)24-8-2-3-9-24;/h6-7,11,15,17H,2-5,8-10,12-14H2,1H3;1H/t15-,17?,21?;/m1./s1. The number of carbonyl (C=O) groups is 1. The maximum Gasteiger partial charge on any atom is 0.225 e. The molecule has 2 saturated heterocycles. The van der Waals surface area contributed by atoms with Gasteiger partial charge < -0.3 is 4.90 Å². The lowest BCUT2D eigenvalue weighted by molar-refractivity contribution is -0.144. The molecule has 4 rings (SSSR count). The molecule has 0 N–H and O–H groups in total. The molecule has 6 heteroatoms. The predicted octanol–water partition coefficient (Wildman–Crippen LogP) is 4.94. The number of halogens is 3. The molecule has 0 spiro atoms. The maximum absolute atomic E-state index is 15.3. The summed E-state index contributed by atoms with van der Waals surface area (Å²) in [6.45, 7) is 5.86. The zero-order chi connectivity index (χ0) is 18.3. The largest absolute Gasteiger partial charge is 0.342 e. The van der Waals surface area contributed by atoms with Crippen LogP contribution in [0.4, 0.5) is 4.39 Å². The zero-order valence-electron chi connectivity index (χ0n) is 15.9. The summed E-state index contributed by atoms with van der Waals surface area (Å²) < 4.78 is 15.3. The van der Waals surface area contributed by atoms with Crippen LogP contribution in [0.1, 0.15) is 56.6 Å². The molecule has 0 aromatic heterocycles. The highest BCUT2D eigenvalue weighted by atomic mass is 35.5. The first-order chi connectivity index (χ1) is 12.5. The lowest BCUT2D eigenvalue weighted by Gasteiger charge is -2.42. The Labute approximate surface area is 172 Å². The molecule has 1 aromatic carbocycles. The molecule has 3 aliphatic rings. The first kappa shape index (κ1) is 20.9. The van der Waals surface area contributed by atoms with E-state index in [0.29, 0.717) is 29.5 Å². The number of amides is 1. The summed E-state index contributed by atoms with van der Waals surface area (Å²) in [5.41, 5.74) is 0.298. The molecule has 150 valence electrons. The number of rotatable bonds is 4. The molecule has 2 heterocycles. The molecule has 3 nitrogen and oxygen atoms in total. The van der Waals surface area contributed by atoms with E-state index in [1.54, 1.807) is 6.07 Å². The van der Waals surface area contributed by atoms with Crippen molar-refractivity contribution in [2.24, 2.45) is 5.92 Å². The average molecular weight is 415 g/mol. The lowest BCUT2D eigenvalue weighted by Crippen LogP contribution is -2.46. The van der Waals surface area contributed by atoms with E-state index < -0.39 is 5.67 Å². The minimum absolute atomic E-state index is 0. The summed E-state index contributed by atoms with van der Waals surface area (Å²) in [7, 11) is 0. The van der Waals surface area contributed by atoms with Crippen LogP contribution in [0, 0.1) is 5.92 Å². The zero-order valence-corrected chi connectivity index (χ0v) is 17.5. The second-order valence-electron chi connectivity index (χ2n) is 8.37. The quantitative estimate of drug-likeness (QED) is 0.695. The fourth-order valence-corrected chi connectivity index (χ4v) is 4.97. The van der Waals surface area contributed by atoms with Crippen molar-refractivity contribution in [3.8, 4) is 0 Å². The van der Waals surface area contributed by atoms with E-state index in [-0.39, 0.29) is 24.2 Å². The third-order valence-electron chi connectivity index (χ3n) is 6.54. The van der Waals surface area contributed by atoms with E-state index in [0.717, 1.165) is 44.6 Å². The van der Waals surface area contributed by atoms with Crippen molar-refractivity contribution in [3.63, 3.8) is 0 Å². The lowest BCUT2D eigenvalue weighted by atomic mass is 9.68. The van der Waals surface area contributed by atoms with Crippen molar-refractivity contribution in [2.75, 3.05) is 19.6 Å². The van der Waals surface area contributed by atoms with Gasteiger partial charge in [-0.25, -0.2) is 4.39 Å². The van der Waals surface area contributed by atoms with Crippen LogP contribution < -0.4 is 0 Å². The normalized spacial score (nSPS) is 30.9. The van der Waals surface area contributed by atoms with Gasteiger partial charge in [-0.1, -0.05) is 23.7 Å². The Morgan fingerprint density at radius 3 is 2.52 bits per heavy atom. The summed E-state index contributed by atoms with van der Waals surface area (Å²) in [6.07, 6.45) is 5.20. The molecule has 27 heavy (non-hydrogen) atoms. The number of carbonyl (C=O) groups excluding carboxylic acids is 1. The van der Waals surface area contributed by atoms with Crippen molar-refractivity contribution < 1.29 is 9.18 Å². The Morgan fingerprint density at radius 2 is 1.93 bits per heavy atom. The molecule has 1 atom stereocenters. The summed E-state index contributed by atoms with van der Waals surface area (Å²) in [4.78, 5) is 16.8. The SMILES string of the molecule is C[C@@H]1CCCN1Cc1ccc(C2(F)CC(C(=O)N3CCCC3)C2)cc1Cl.Cl. The fraction of sp³-hybridized carbons (Fsp3) is 0.667. The van der Waals surface area contributed by atoms with Crippen LogP contribution in [0.15, 0.2) is 18.2 Å². The molecular formula is C21H29Cl2FN2O. The highest BCUT2D eigenvalue weighted by molar-refractivity contribution is 6.31. The van der Waals surface area contributed by atoms with Crippen LogP contribution >= 0.6 is 24.0 Å². The summed E-state index contributed by atoms with van der Waals surface area (Å²) in [5, 5.41) is 0.646. The van der Waals surface area contributed by atoms with E-state index in [1.807, 2.05) is 17.0 Å². The summed E-state index contributed by atoms with van der Waals surface area (Å²) in [6, 6.07) is 6.22. The first-order valence-corrected chi connectivity index (χ1v) is 10.3. The van der Waals surface area contributed by atoms with Crippen LogP contribution in [0.3, 0.4) is 0 Å². The topological polar surface area (TPSA) is 23.6 Å². The van der Waals surface area contributed by atoms with Gasteiger partial charge in [-0.15, -0.1) is 12.4 Å². The van der Waals surface area contributed by atoms with E-state index >= 15 is 4.39 Å². The molecule has 3 fully saturated rings. The second-order valence-corrected chi connectivity index (χ2v) is 8.78. The molecule has 2 aliphatic heterocycles. The van der Waals surface area contributed by atoms with Crippen LogP contribution in [0.5, 0.6) is 0 Å². The van der Waals surface area contributed by atoms with Crippen LogP contribution in [-0.4, -0.2) is 41.4 Å². The van der Waals surface area contributed by atoms with Gasteiger partial charge in [-0.05, 0) is 69.2 Å². The molecule has 1 aromatic rings. The van der Waals surface area contributed by atoms with Gasteiger partial charge in [0, 0.05) is 36.6 Å². The van der Waals surface area contributed by atoms with E-state index in [9.17, 15) is 4.79 Å². The van der Waals surface area contributed by atoms with Crippen LogP contribution in [-0.2, 0) is 17.0 Å².